The molecule has 1 unspecified atom stereocenters. The molecule has 3 heteroatoms. The molecule has 0 amide bonds. The van der Waals surface area contributed by atoms with E-state index in [2.05, 4.69) is 0 Å². The van der Waals surface area contributed by atoms with E-state index < -0.39 is 5.54 Å². The van der Waals surface area contributed by atoms with Gasteiger partial charge >= 0.3 is 0 Å². The Morgan fingerprint density at radius 2 is 2.20 bits per heavy atom. The molecule has 1 aliphatic carbocycles. The summed E-state index contributed by atoms with van der Waals surface area (Å²) in [6.07, 6.45) is 5.35. The normalized spacial score (nSPS) is 23.9. The van der Waals surface area contributed by atoms with Crippen LogP contribution in [-0.2, 0) is 5.54 Å². The van der Waals surface area contributed by atoms with E-state index in [0.717, 1.165) is 17.5 Å². The average Bonchev–Trinajstić information content (AvgIpc) is 2.18. The van der Waals surface area contributed by atoms with E-state index in [0.29, 0.717) is 12.1 Å². The summed E-state index contributed by atoms with van der Waals surface area (Å²) in [5, 5.41) is 9.06. The Kier molecular flexibility index (Phi) is 2.50. The van der Waals surface area contributed by atoms with Crippen molar-refractivity contribution in [1.82, 2.24) is 0 Å². The molecule has 0 spiro atoms. The summed E-state index contributed by atoms with van der Waals surface area (Å²) in [6.45, 7) is 0.0815. The number of rotatable bonds is 2. The van der Waals surface area contributed by atoms with Gasteiger partial charge in [-0.1, -0.05) is 24.3 Å². The molecule has 15 heavy (non-hydrogen) atoms. The molecule has 0 saturated carbocycles. The van der Waals surface area contributed by atoms with E-state index in [4.69, 9.17) is 16.6 Å². The van der Waals surface area contributed by atoms with Gasteiger partial charge in [-0.3, -0.25) is 0 Å². The molecule has 0 fully saturated rings. The van der Waals surface area contributed by atoms with Crippen molar-refractivity contribution in [2.75, 3.05) is 12.3 Å². The Morgan fingerprint density at radius 1 is 1.40 bits per heavy atom. The van der Waals surface area contributed by atoms with Crippen molar-refractivity contribution in [3.8, 4) is 0 Å². The Labute approximate surface area is 89.4 Å². The third kappa shape index (κ3) is 1.64. The Bertz CT molecular complexity index is 401. The van der Waals surface area contributed by atoms with Crippen LogP contribution >= 0.6 is 0 Å². The summed E-state index contributed by atoms with van der Waals surface area (Å²) in [4.78, 5) is 0. The van der Waals surface area contributed by atoms with E-state index in [9.17, 15) is 0 Å². The first-order valence-corrected chi connectivity index (χ1v) is 5.12. The number of anilines is 1. The van der Waals surface area contributed by atoms with Gasteiger partial charge in [-0.15, -0.1) is 0 Å². The Morgan fingerprint density at radius 3 is 2.93 bits per heavy atom. The van der Waals surface area contributed by atoms with Crippen LogP contribution in [0.3, 0.4) is 0 Å². The molecule has 0 bridgehead atoms. The maximum Gasteiger partial charge on any atom is 0.0493 e. The van der Waals surface area contributed by atoms with E-state index in [1.54, 1.807) is 0 Å². The minimum Gasteiger partial charge on any atom is -0.398 e. The van der Waals surface area contributed by atoms with Gasteiger partial charge in [0.2, 0.25) is 0 Å². The molecule has 0 radical (unpaired) electrons. The van der Waals surface area contributed by atoms with Crippen molar-refractivity contribution in [1.29, 1.82) is 0 Å². The first-order valence-electron chi connectivity index (χ1n) is 5.12. The quantitative estimate of drug-likeness (QED) is 0.634. The van der Waals surface area contributed by atoms with Gasteiger partial charge in [-0.05, 0) is 24.5 Å². The second-order valence-corrected chi connectivity index (χ2v) is 4.05. The molecule has 1 aliphatic rings. The standard InChI is InChI=1S/C12H16N2O/c13-10-5-1-3-9-4-2-6-12(14,7-8-15)11(9)10/h1-5,15H,6-8,13-14H2. The van der Waals surface area contributed by atoms with Crippen LogP contribution in [0, 0.1) is 0 Å². The van der Waals surface area contributed by atoms with Crippen molar-refractivity contribution in [3.63, 3.8) is 0 Å². The molecule has 0 heterocycles. The van der Waals surface area contributed by atoms with E-state index in [-0.39, 0.29) is 6.61 Å². The van der Waals surface area contributed by atoms with Gasteiger partial charge in [0.25, 0.3) is 0 Å². The molecule has 1 atom stereocenters. The van der Waals surface area contributed by atoms with Crippen LogP contribution in [0.25, 0.3) is 6.08 Å². The van der Waals surface area contributed by atoms with Crippen molar-refractivity contribution in [2.24, 2.45) is 5.73 Å². The van der Waals surface area contributed by atoms with Crippen molar-refractivity contribution in [2.45, 2.75) is 18.4 Å². The van der Waals surface area contributed by atoms with Gasteiger partial charge < -0.3 is 16.6 Å². The number of hydrogen-bond donors (Lipinski definition) is 3. The number of aliphatic hydroxyl groups is 1. The highest BCUT2D eigenvalue weighted by molar-refractivity contribution is 5.67. The third-order valence-electron chi connectivity index (χ3n) is 2.96. The van der Waals surface area contributed by atoms with Crippen LogP contribution in [0.1, 0.15) is 24.0 Å². The second kappa shape index (κ2) is 3.68. The Hall–Kier alpha value is -1.32. The molecule has 80 valence electrons. The fourth-order valence-electron chi connectivity index (χ4n) is 2.23. The highest BCUT2D eigenvalue weighted by Gasteiger charge is 2.31. The Balaban J connectivity index is 2.54. The summed E-state index contributed by atoms with van der Waals surface area (Å²) >= 11 is 0. The van der Waals surface area contributed by atoms with Gasteiger partial charge in [-0.2, -0.15) is 0 Å². The monoisotopic (exact) mass is 204 g/mol. The predicted octanol–water partition coefficient (Wildman–Crippen LogP) is 1.22. The topological polar surface area (TPSA) is 72.3 Å². The van der Waals surface area contributed by atoms with Gasteiger partial charge in [0, 0.05) is 23.4 Å². The van der Waals surface area contributed by atoms with Crippen molar-refractivity contribution < 1.29 is 5.11 Å². The molecule has 0 saturated heterocycles. The molecule has 0 aromatic heterocycles. The largest absolute Gasteiger partial charge is 0.398 e. The first-order chi connectivity index (χ1) is 7.17. The molecule has 0 aliphatic heterocycles. The van der Waals surface area contributed by atoms with E-state index in [1.165, 1.54) is 0 Å². The number of fused-ring (bicyclic) bond motifs is 1. The van der Waals surface area contributed by atoms with Crippen LogP contribution in [-0.4, -0.2) is 11.7 Å². The van der Waals surface area contributed by atoms with Crippen molar-refractivity contribution >= 4 is 11.8 Å². The van der Waals surface area contributed by atoms with Crippen LogP contribution in [0.15, 0.2) is 24.3 Å². The lowest BCUT2D eigenvalue weighted by Gasteiger charge is -2.33. The zero-order valence-electron chi connectivity index (χ0n) is 8.61. The summed E-state index contributed by atoms with van der Waals surface area (Å²) in [5.74, 6) is 0. The summed E-state index contributed by atoms with van der Waals surface area (Å²) in [7, 11) is 0. The second-order valence-electron chi connectivity index (χ2n) is 4.05. The first kappa shape index (κ1) is 10.2. The number of aliphatic hydroxyl groups excluding tert-OH is 1. The zero-order chi connectivity index (χ0) is 10.9. The van der Waals surface area contributed by atoms with Crippen LogP contribution in [0.4, 0.5) is 5.69 Å². The lowest BCUT2D eigenvalue weighted by Crippen LogP contribution is -2.39. The van der Waals surface area contributed by atoms with Gasteiger partial charge in [0.1, 0.15) is 0 Å². The maximum absolute atomic E-state index is 9.06. The SMILES string of the molecule is Nc1cccc2c1C(N)(CCO)CC=C2. The highest BCUT2D eigenvalue weighted by Crippen LogP contribution is 2.37. The number of nitrogens with two attached hydrogens (primary N) is 2. The molecule has 2 rings (SSSR count). The van der Waals surface area contributed by atoms with E-state index in [1.807, 2.05) is 30.4 Å². The lowest BCUT2D eigenvalue weighted by atomic mass is 9.78. The van der Waals surface area contributed by atoms with Crippen LogP contribution in [0.2, 0.25) is 0 Å². The fourth-order valence-corrected chi connectivity index (χ4v) is 2.23. The summed E-state index contributed by atoms with van der Waals surface area (Å²) in [6, 6.07) is 5.78. The maximum atomic E-state index is 9.06. The molecule has 1 aromatic carbocycles. The summed E-state index contributed by atoms with van der Waals surface area (Å²) in [5.41, 5.74) is 14.5. The smallest absolute Gasteiger partial charge is 0.0493 e. The molecule has 1 aromatic rings. The van der Waals surface area contributed by atoms with Crippen LogP contribution < -0.4 is 11.5 Å². The average molecular weight is 204 g/mol. The predicted molar refractivity (Wildman–Crippen MR) is 62.1 cm³/mol. The zero-order valence-corrected chi connectivity index (χ0v) is 8.61. The summed E-state index contributed by atoms with van der Waals surface area (Å²) < 4.78 is 0. The van der Waals surface area contributed by atoms with E-state index >= 15 is 0 Å². The fraction of sp³-hybridized carbons (Fsp3) is 0.333. The molecular formula is C12H16N2O. The van der Waals surface area contributed by atoms with Gasteiger partial charge in [-0.25, -0.2) is 0 Å². The van der Waals surface area contributed by atoms with Gasteiger partial charge in [0.15, 0.2) is 0 Å². The minimum absolute atomic E-state index is 0.0815. The molecular weight excluding hydrogens is 188 g/mol. The third-order valence-corrected chi connectivity index (χ3v) is 2.96. The lowest BCUT2D eigenvalue weighted by molar-refractivity contribution is 0.239. The number of nitrogen functional groups attached to an aromatic ring is 1. The minimum atomic E-state index is -0.510. The number of hydrogen-bond acceptors (Lipinski definition) is 3. The number of benzene rings is 1. The van der Waals surface area contributed by atoms with Crippen LogP contribution in [0.5, 0.6) is 0 Å². The van der Waals surface area contributed by atoms with Crippen molar-refractivity contribution in [3.05, 3.63) is 35.4 Å². The molecule has 3 nitrogen and oxygen atoms in total. The highest BCUT2D eigenvalue weighted by atomic mass is 16.3. The van der Waals surface area contributed by atoms with Gasteiger partial charge in [0.05, 0.1) is 0 Å². The molecule has 5 N–H and O–H groups in total.